The fourth-order valence-corrected chi connectivity index (χ4v) is 2.69. The van der Waals surface area contributed by atoms with Crippen molar-refractivity contribution >= 4 is 11.6 Å². The van der Waals surface area contributed by atoms with Crippen LogP contribution in [0.25, 0.3) is 0 Å². The third-order valence-electron chi connectivity index (χ3n) is 3.44. The molecule has 2 nitrogen and oxygen atoms in total. The van der Waals surface area contributed by atoms with E-state index < -0.39 is 0 Å². The van der Waals surface area contributed by atoms with Gasteiger partial charge in [-0.1, -0.05) is 42.8 Å². The number of rotatable bonds is 6. The van der Waals surface area contributed by atoms with Crippen LogP contribution in [0.2, 0.25) is 5.02 Å². The van der Waals surface area contributed by atoms with E-state index in [0.717, 1.165) is 29.4 Å². The highest BCUT2D eigenvalue weighted by atomic mass is 35.5. The summed E-state index contributed by atoms with van der Waals surface area (Å²) in [5.74, 6) is 0.908. The molecule has 0 aliphatic heterocycles. The van der Waals surface area contributed by atoms with Crippen molar-refractivity contribution < 1.29 is 4.74 Å². The third-order valence-corrected chi connectivity index (χ3v) is 3.77. The maximum atomic E-state index is 6.39. The first-order valence-corrected chi connectivity index (χ1v) is 7.69. The fourth-order valence-electron chi connectivity index (χ4n) is 2.34. The van der Waals surface area contributed by atoms with E-state index in [1.165, 1.54) is 11.1 Å². The smallest absolute Gasteiger partial charge is 0.119 e. The summed E-state index contributed by atoms with van der Waals surface area (Å²) in [6.45, 7) is 4.90. The largest absolute Gasteiger partial charge is 0.494 e. The summed E-state index contributed by atoms with van der Waals surface area (Å²) < 4.78 is 5.62. The minimum absolute atomic E-state index is 0.0818. The summed E-state index contributed by atoms with van der Waals surface area (Å²) in [7, 11) is 1.95. The molecule has 0 aliphatic carbocycles. The molecule has 2 aromatic carbocycles. The topological polar surface area (TPSA) is 21.3 Å². The molecule has 21 heavy (non-hydrogen) atoms. The van der Waals surface area contributed by atoms with Crippen molar-refractivity contribution in [1.29, 1.82) is 0 Å². The van der Waals surface area contributed by atoms with Crippen LogP contribution in [0.4, 0.5) is 0 Å². The Kier molecular flexibility index (Phi) is 5.66. The van der Waals surface area contributed by atoms with Crippen molar-refractivity contribution in [2.24, 2.45) is 0 Å². The van der Waals surface area contributed by atoms with E-state index in [1.807, 2.05) is 32.2 Å². The molecule has 0 amide bonds. The highest BCUT2D eigenvalue weighted by Gasteiger charge is 2.15. The molecule has 0 aromatic heterocycles. The lowest BCUT2D eigenvalue weighted by atomic mass is 9.98. The summed E-state index contributed by atoms with van der Waals surface area (Å²) in [5.41, 5.74) is 3.43. The molecule has 0 aliphatic rings. The Morgan fingerprint density at radius 1 is 1.14 bits per heavy atom. The molecule has 0 heterocycles. The average molecular weight is 304 g/mol. The van der Waals surface area contributed by atoms with Gasteiger partial charge in [0.2, 0.25) is 0 Å². The van der Waals surface area contributed by atoms with Gasteiger partial charge in [0.15, 0.2) is 0 Å². The molecule has 1 atom stereocenters. The van der Waals surface area contributed by atoms with Gasteiger partial charge in [0.1, 0.15) is 5.75 Å². The molecule has 3 heteroatoms. The van der Waals surface area contributed by atoms with Crippen LogP contribution < -0.4 is 10.1 Å². The highest BCUT2D eigenvalue weighted by molar-refractivity contribution is 6.31. The first-order valence-electron chi connectivity index (χ1n) is 7.31. The first-order chi connectivity index (χ1) is 10.2. The normalized spacial score (nSPS) is 12.2. The van der Waals surface area contributed by atoms with Gasteiger partial charge in [0.25, 0.3) is 0 Å². The van der Waals surface area contributed by atoms with Crippen LogP contribution in [0, 0.1) is 6.92 Å². The lowest BCUT2D eigenvalue weighted by Crippen LogP contribution is -2.18. The van der Waals surface area contributed by atoms with Gasteiger partial charge in [0.05, 0.1) is 12.6 Å². The maximum Gasteiger partial charge on any atom is 0.119 e. The van der Waals surface area contributed by atoms with Gasteiger partial charge in [-0.05, 0) is 55.3 Å². The van der Waals surface area contributed by atoms with Crippen LogP contribution in [0.15, 0.2) is 42.5 Å². The second kappa shape index (κ2) is 7.48. The summed E-state index contributed by atoms with van der Waals surface area (Å²) in [6.07, 6.45) is 1.01. The number of nitrogens with one attached hydrogen (secondary N) is 1. The predicted octanol–water partition coefficient (Wildman–Crippen LogP) is 4.75. The Balaban J connectivity index is 2.24. The molecule has 112 valence electrons. The molecule has 0 radical (unpaired) electrons. The molecule has 1 unspecified atom stereocenters. The molecule has 0 bridgehead atoms. The molecular formula is C18H22ClNO. The van der Waals surface area contributed by atoms with Gasteiger partial charge >= 0.3 is 0 Å². The van der Waals surface area contributed by atoms with Crippen molar-refractivity contribution in [3.8, 4) is 5.75 Å². The third kappa shape index (κ3) is 3.99. The Labute approximate surface area is 132 Å². The molecule has 2 aromatic rings. The van der Waals surface area contributed by atoms with Crippen LogP contribution in [0.1, 0.15) is 36.1 Å². The highest BCUT2D eigenvalue weighted by Crippen LogP contribution is 2.29. The number of hydrogen-bond acceptors (Lipinski definition) is 2. The van der Waals surface area contributed by atoms with Gasteiger partial charge in [-0.2, -0.15) is 0 Å². The zero-order valence-corrected chi connectivity index (χ0v) is 13.6. The number of ether oxygens (including phenoxy) is 1. The Morgan fingerprint density at radius 2 is 1.86 bits per heavy atom. The van der Waals surface area contributed by atoms with Gasteiger partial charge in [-0.25, -0.2) is 0 Å². The fraction of sp³-hybridized carbons (Fsp3) is 0.333. The van der Waals surface area contributed by atoms with Crippen molar-refractivity contribution in [3.05, 3.63) is 64.2 Å². The van der Waals surface area contributed by atoms with Gasteiger partial charge in [-0.3, -0.25) is 0 Å². The summed E-state index contributed by atoms with van der Waals surface area (Å²) in [6, 6.07) is 14.4. The number of benzene rings is 2. The van der Waals surface area contributed by atoms with Crippen molar-refractivity contribution in [1.82, 2.24) is 5.32 Å². The molecule has 0 fully saturated rings. The van der Waals surface area contributed by atoms with E-state index >= 15 is 0 Å². The van der Waals surface area contributed by atoms with Crippen LogP contribution in [-0.2, 0) is 0 Å². The molecule has 0 saturated heterocycles. The Hall–Kier alpha value is -1.51. The second-order valence-corrected chi connectivity index (χ2v) is 5.57. The Morgan fingerprint density at radius 3 is 2.43 bits per heavy atom. The minimum atomic E-state index is 0.0818. The van der Waals surface area contributed by atoms with Gasteiger partial charge in [0, 0.05) is 5.02 Å². The zero-order chi connectivity index (χ0) is 15.2. The number of halogens is 1. The van der Waals surface area contributed by atoms with E-state index in [4.69, 9.17) is 16.3 Å². The molecule has 1 N–H and O–H groups in total. The second-order valence-electron chi connectivity index (χ2n) is 5.16. The van der Waals surface area contributed by atoms with Crippen molar-refractivity contribution in [2.75, 3.05) is 13.7 Å². The van der Waals surface area contributed by atoms with E-state index in [9.17, 15) is 0 Å². The summed E-state index contributed by atoms with van der Waals surface area (Å²) in [5, 5.41) is 4.12. The predicted molar refractivity (Wildman–Crippen MR) is 89.3 cm³/mol. The van der Waals surface area contributed by atoms with Crippen molar-refractivity contribution in [3.63, 3.8) is 0 Å². The summed E-state index contributed by atoms with van der Waals surface area (Å²) >= 11 is 6.39. The van der Waals surface area contributed by atoms with Gasteiger partial charge < -0.3 is 10.1 Å². The number of aryl methyl sites for hydroxylation is 1. The standard InChI is InChI=1S/C18H22ClNO/c1-4-11-21-15-8-6-14(7-9-15)18(20-3)16-10-5-13(2)12-17(16)19/h5-10,12,18,20H,4,11H2,1-3H3. The quantitative estimate of drug-likeness (QED) is 0.832. The SMILES string of the molecule is CCCOc1ccc(C(NC)c2ccc(C)cc2Cl)cc1. The Bertz CT molecular complexity index is 580. The lowest BCUT2D eigenvalue weighted by molar-refractivity contribution is 0.317. The van der Waals surface area contributed by atoms with E-state index in [0.29, 0.717) is 0 Å². The monoisotopic (exact) mass is 303 g/mol. The van der Waals surface area contributed by atoms with Crippen LogP contribution in [0.5, 0.6) is 5.75 Å². The first kappa shape index (κ1) is 15.9. The molecular weight excluding hydrogens is 282 g/mol. The number of hydrogen-bond donors (Lipinski definition) is 1. The van der Waals surface area contributed by atoms with Crippen molar-refractivity contribution in [2.45, 2.75) is 26.3 Å². The van der Waals surface area contributed by atoms with E-state index in [1.54, 1.807) is 0 Å². The van der Waals surface area contributed by atoms with E-state index in [2.05, 4.69) is 36.5 Å². The summed E-state index contributed by atoms with van der Waals surface area (Å²) in [4.78, 5) is 0. The molecule has 2 rings (SSSR count). The maximum absolute atomic E-state index is 6.39. The lowest BCUT2D eigenvalue weighted by Gasteiger charge is -2.19. The average Bonchev–Trinajstić information content (AvgIpc) is 2.49. The molecule has 0 saturated carbocycles. The van der Waals surface area contributed by atoms with Crippen LogP contribution >= 0.6 is 11.6 Å². The van der Waals surface area contributed by atoms with Gasteiger partial charge in [-0.15, -0.1) is 0 Å². The minimum Gasteiger partial charge on any atom is -0.494 e. The molecule has 0 spiro atoms. The van der Waals surface area contributed by atoms with E-state index in [-0.39, 0.29) is 6.04 Å². The zero-order valence-electron chi connectivity index (χ0n) is 12.8. The van der Waals surface area contributed by atoms with Crippen LogP contribution in [-0.4, -0.2) is 13.7 Å². The van der Waals surface area contributed by atoms with Crippen LogP contribution in [0.3, 0.4) is 0 Å².